The number of benzene rings is 2. The van der Waals surface area contributed by atoms with Gasteiger partial charge in [-0.1, -0.05) is 40.9 Å². The third kappa shape index (κ3) is 3.34. The van der Waals surface area contributed by atoms with Crippen molar-refractivity contribution in [3.63, 3.8) is 0 Å². The molecule has 0 aliphatic carbocycles. The molecule has 0 unspecified atom stereocenters. The maximum Gasteiger partial charge on any atom is 0.186 e. The third-order valence-corrected chi connectivity index (χ3v) is 8.98. The van der Waals surface area contributed by atoms with Crippen LogP contribution in [0, 0.1) is 13.8 Å². The highest BCUT2D eigenvalue weighted by atomic mass is 32.2. The number of hydrogen-bond acceptors (Lipinski definition) is 8. The second kappa shape index (κ2) is 7.18. The van der Waals surface area contributed by atoms with E-state index in [1.165, 1.54) is 22.1 Å². The Kier molecular flexibility index (Phi) is 4.72. The van der Waals surface area contributed by atoms with Gasteiger partial charge >= 0.3 is 0 Å². The van der Waals surface area contributed by atoms with Crippen LogP contribution in [0.1, 0.15) is 11.1 Å². The lowest BCUT2D eigenvalue weighted by molar-refractivity contribution is 0.602. The summed E-state index contributed by atoms with van der Waals surface area (Å²) >= 11 is 3.32. The number of fused-ring (bicyclic) bond motifs is 2. The first-order valence-electron chi connectivity index (χ1n) is 9.77. The van der Waals surface area contributed by atoms with E-state index in [2.05, 4.69) is 35.8 Å². The van der Waals surface area contributed by atoms with Gasteiger partial charge in [-0.25, -0.2) is 18.4 Å². The molecule has 0 N–H and O–H groups in total. The number of anilines is 2. The maximum absolute atomic E-state index is 12.1. The lowest BCUT2D eigenvalue weighted by atomic mass is 10.1. The van der Waals surface area contributed by atoms with Gasteiger partial charge in [0, 0.05) is 32.4 Å². The lowest BCUT2D eigenvalue weighted by Crippen LogP contribution is -2.46. The number of thiazole rings is 2. The maximum atomic E-state index is 12.1. The number of piperazine rings is 1. The molecule has 6 nitrogen and oxygen atoms in total. The van der Waals surface area contributed by atoms with Crippen molar-refractivity contribution in [1.82, 2.24) is 9.97 Å². The molecule has 2 aromatic heterocycles. The number of aromatic nitrogens is 2. The van der Waals surface area contributed by atoms with Gasteiger partial charge in [-0.05, 0) is 37.1 Å². The zero-order chi connectivity index (χ0) is 21.0. The fourth-order valence-electron chi connectivity index (χ4n) is 3.82. The van der Waals surface area contributed by atoms with Crippen molar-refractivity contribution in [2.45, 2.75) is 18.7 Å². The van der Waals surface area contributed by atoms with Crippen LogP contribution in [0.3, 0.4) is 0 Å². The molecule has 0 amide bonds. The van der Waals surface area contributed by atoms with Crippen LogP contribution in [0.2, 0.25) is 0 Å². The molecular weight excluding hydrogens is 436 g/mol. The zero-order valence-corrected chi connectivity index (χ0v) is 19.5. The van der Waals surface area contributed by atoms with Crippen LogP contribution < -0.4 is 9.80 Å². The van der Waals surface area contributed by atoms with E-state index < -0.39 is 9.84 Å². The second-order valence-electron chi connectivity index (χ2n) is 7.72. The van der Waals surface area contributed by atoms with E-state index in [0.29, 0.717) is 10.4 Å². The molecule has 30 heavy (non-hydrogen) atoms. The summed E-state index contributed by atoms with van der Waals surface area (Å²) in [5, 5.41) is 1.96. The minimum absolute atomic E-state index is 0.307. The second-order valence-corrected chi connectivity index (χ2v) is 11.7. The molecule has 1 aliphatic rings. The smallest absolute Gasteiger partial charge is 0.186 e. The molecule has 1 fully saturated rings. The highest BCUT2D eigenvalue weighted by Gasteiger charge is 2.24. The number of rotatable bonds is 3. The fraction of sp³-hybridized carbons (Fsp3) is 0.333. The van der Waals surface area contributed by atoms with Crippen LogP contribution >= 0.6 is 22.7 Å². The largest absolute Gasteiger partial charge is 0.345 e. The molecule has 4 aromatic rings. The summed E-state index contributed by atoms with van der Waals surface area (Å²) in [7, 11) is -3.30. The zero-order valence-electron chi connectivity index (χ0n) is 17.0. The Labute approximate surface area is 183 Å². The monoisotopic (exact) mass is 458 g/mol. The standard InChI is InChI=1S/C21H22N4O2S3/c1-13-7-8-14(2)19-17(13)22-21(29-19)25-11-9-24(10-12-25)20-23-18-15(28-20)5-4-6-16(18)30(3,26)27/h4-8H,9-12H2,1-3H3. The Balaban J connectivity index is 1.39. The predicted octanol–water partition coefficient (Wildman–Crippen LogP) is 4.25. The molecular formula is C21H22N4O2S3. The molecule has 0 atom stereocenters. The molecule has 2 aromatic carbocycles. The quantitative estimate of drug-likeness (QED) is 0.457. The molecule has 0 spiro atoms. The lowest BCUT2D eigenvalue weighted by Gasteiger charge is -2.34. The van der Waals surface area contributed by atoms with E-state index in [1.807, 2.05) is 6.07 Å². The highest BCUT2D eigenvalue weighted by Crippen LogP contribution is 2.35. The van der Waals surface area contributed by atoms with Crippen molar-refractivity contribution in [2.75, 3.05) is 42.2 Å². The van der Waals surface area contributed by atoms with Gasteiger partial charge in [0.15, 0.2) is 20.1 Å². The van der Waals surface area contributed by atoms with E-state index in [1.54, 1.807) is 34.8 Å². The molecule has 0 radical (unpaired) electrons. The van der Waals surface area contributed by atoms with Gasteiger partial charge < -0.3 is 9.80 Å². The molecule has 9 heteroatoms. The number of nitrogens with zero attached hydrogens (tertiary/aromatic N) is 4. The van der Waals surface area contributed by atoms with Gasteiger partial charge in [0.1, 0.15) is 5.52 Å². The van der Waals surface area contributed by atoms with Crippen LogP contribution in [0.4, 0.5) is 10.3 Å². The Morgan fingerprint density at radius 3 is 2.07 bits per heavy atom. The Morgan fingerprint density at radius 1 is 0.833 bits per heavy atom. The predicted molar refractivity (Wildman–Crippen MR) is 126 cm³/mol. The van der Waals surface area contributed by atoms with Crippen LogP contribution in [-0.4, -0.2) is 50.8 Å². The Hall–Kier alpha value is -2.23. The van der Waals surface area contributed by atoms with Crippen molar-refractivity contribution >= 4 is 63.2 Å². The van der Waals surface area contributed by atoms with Crippen molar-refractivity contribution in [3.05, 3.63) is 41.5 Å². The van der Waals surface area contributed by atoms with Crippen LogP contribution in [0.25, 0.3) is 20.4 Å². The van der Waals surface area contributed by atoms with E-state index in [9.17, 15) is 8.42 Å². The highest BCUT2D eigenvalue weighted by molar-refractivity contribution is 7.91. The first kappa shape index (κ1) is 19.7. The summed E-state index contributed by atoms with van der Waals surface area (Å²) in [4.78, 5) is 14.5. The van der Waals surface area contributed by atoms with Gasteiger partial charge in [-0.3, -0.25) is 0 Å². The molecule has 0 bridgehead atoms. The molecule has 1 aliphatic heterocycles. The van der Waals surface area contributed by atoms with Crippen molar-refractivity contribution in [2.24, 2.45) is 0 Å². The number of sulfone groups is 1. The molecule has 5 rings (SSSR count). The van der Waals surface area contributed by atoms with E-state index >= 15 is 0 Å². The average Bonchev–Trinajstić information content (AvgIpc) is 3.35. The van der Waals surface area contributed by atoms with Gasteiger partial charge in [0.05, 0.1) is 19.8 Å². The summed E-state index contributed by atoms with van der Waals surface area (Å²) < 4.78 is 26.4. The molecule has 3 heterocycles. The number of hydrogen-bond donors (Lipinski definition) is 0. The van der Waals surface area contributed by atoms with E-state index in [-0.39, 0.29) is 0 Å². The van der Waals surface area contributed by atoms with E-state index in [4.69, 9.17) is 9.97 Å². The van der Waals surface area contributed by atoms with Crippen LogP contribution in [0.15, 0.2) is 35.2 Å². The number of aryl methyl sites for hydroxylation is 2. The van der Waals surface area contributed by atoms with Crippen molar-refractivity contribution in [3.8, 4) is 0 Å². The summed E-state index contributed by atoms with van der Waals surface area (Å²) in [6.45, 7) is 7.66. The Bertz CT molecular complexity index is 1330. The third-order valence-electron chi connectivity index (χ3n) is 5.52. The average molecular weight is 459 g/mol. The van der Waals surface area contributed by atoms with Crippen LogP contribution in [-0.2, 0) is 9.84 Å². The van der Waals surface area contributed by atoms with Crippen molar-refractivity contribution in [1.29, 1.82) is 0 Å². The minimum atomic E-state index is -3.30. The summed E-state index contributed by atoms with van der Waals surface area (Å²) in [6.07, 6.45) is 1.24. The first-order chi connectivity index (χ1) is 14.3. The number of para-hydroxylation sites is 1. The topological polar surface area (TPSA) is 66.4 Å². The van der Waals surface area contributed by atoms with Gasteiger partial charge in [0.25, 0.3) is 0 Å². The molecule has 1 saturated heterocycles. The van der Waals surface area contributed by atoms with Gasteiger partial charge in [-0.2, -0.15) is 0 Å². The Morgan fingerprint density at radius 2 is 1.43 bits per heavy atom. The summed E-state index contributed by atoms with van der Waals surface area (Å²) in [6, 6.07) is 9.66. The van der Waals surface area contributed by atoms with E-state index in [0.717, 1.165) is 46.7 Å². The van der Waals surface area contributed by atoms with Crippen LogP contribution in [0.5, 0.6) is 0 Å². The SMILES string of the molecule is Cc1ccc(C)c2sc(N3CCN(c4nc5c(S(C)(=O)=O)cccc5s4)CC3)nc12. The fourth-order valence-corrected chi connectivity index (χ4v) is 6.92. The van der Waals surface area contributed by atoms with Crippen molar-refractivity contribution < 1.29 is 8.42 Å². The first-order valence-corrected chi connectivity index (χ1v) is 13.3. The summed E-state index contributed by atoms with van der Waals surface area (Å²) in [5.74, 6) is 0. The molecule has 156 valence electrons. The normalized spacial score (nSPS) is 15.4. The molecule has 0 saturated carbocycles. The van der Waals surface area contributed by atoms with Gasteiger partial charge in [-0.15, -0.1) is 0 Å². The summed E-state index contributed by atoms with van der Waals surface area (Å²) in [5.41, 5.74) is 4.18. The minimum Gasteiger partial charge on any atom is -0.345 e. The van der Waals surface area contributed by atoms with Gasteiger partial charge in [0.2, 0.25) is 0 Å².